The van der Waals surface area contributed by atoms with Gasteiger partial charge in [0.2, 0.25) is 0 Å². The van der Waals surface area contributed by atoms with Crippen molar-refractivity contribution in [1.82, 2.24) is 4.98 Å². The van der Waals surface area contributed by atoms with Gasteiger partial charge in [0.15, 0.2) is 5.78 Å². The summed E-state index contributed by atoms with van der Waals surface area (Å²) < 4.78 is 0. The van der Waals surface area contributed by atoms with Crippen LogP contribution >= 0.6 is 0 Å². The van der Waals surface area contributed by atoms with Crippen molar-refractivity contribution in [3.05, 3.63) is 24.0 Å². The van der Waals surface area contributed by atoms with E-state index in [-0.39, 0.29) is 12.4 Å². The van der Waals surface area contributed by atoms with Crippen molar-refractivity contribution in [1.29, 1.82) is 0 Å². The van der Waals surface area contributed by atoms with Crippen molar-refractivity contribution in [3.8, 4) is 0 Å². The largest absolute Gasteiger partial charge is 0.395 e. The standard InChI is InChI=1S/C14H22N2O2/c1-3-5-8-16(9-10-17)12-6-7-13(15-11-12)14(18)4-2/h6-7,11,17H,3-5,8-10H2,1-2H3. The average Bonchev–Trinajstić information content (AvgIpc) is 2.43. The van der Waals surface area contributed by atoms with E-state index in [1.807, 2.05) is 13.0 Å². The third-order valence-corrected chi connectivity index (χ3v) is 2.87. The number of hydrogen-bond donors (Lipinski definition) is 1. The Hall–Kier alpha value is -1.42. The van der Waals surface area contributed by atoms with E-state index in [0.717, 1.165) is 25.1 Å². The number of pyridine rings is 1. The number of carbonyl (C=O) groups is 1. The van der Waals surface area contributed by atoms with Gasteiger partial charge in [-0.05, 0) is 18.6 Å². The predicted octanol–water partition coefficient (Wildman–Crippen LogP) is 2.27. The molecule has 0 spiro atoms. The summed E-state index contributed by atoms with van der Waals surface area (Å²) >= 11 is 0. The van der Waals surface area contributed by atoms with Crippen LogP contribution in [0.1, 0.15) is 43.6 Å². The summed E-state index contributed by atoms with van der Waals surface area (Å²) in [6.07, 6.45) is 4.38. The van der Waals surface area contributed by atoms with Crippen LogP contribution in [0, 0.1) is 0 Å². The highest BCUT2D eigenvalue weighted by atomic mass is 16.3. The van der Waals surface area contributed by atoms with Crippen molar-refractivity contribution in [2.24, 2.45) is 0 Å². The van der Waals surface area contributed by atoms with Gasteiger partial charge in [0, 0.05) is 19.5 Å². The molecule has 0 radical (unpaired) electrons. The monoisotopic (exact) mass is 250 g/mol. The highest BCUT2D eigenvalue weighted by molar-refractivity contribution is 5.94. The number of unbranched alkanes of at least 4 members (excludes halogenated alkanes) is 1. The highest BCUT2D eigenvalue weighted by Crippen LogP contribution is 2.14. The maximum Gasteiger partial charge on any atom is 0.180 e. The fourth-order valence-electron chi connectivity index (χ4n) is 1.76. The third-order valence-electron chi connectivity index (χ3n) is 2.87. The van der Waals surface area contributed by atoms with Crippen LogP contribution in [0.4, 0.5) is 5.69 Å². The van der Waals surface area contributed by atoms with E-state index in [1.54, 1.807) is 12.3 Å². The van der Waals surface area contributed by atoms with Gasteiger partial charge in [-0.2, -0.15) is 0 Å². The van der Waals surface area contributed by atoms with Crippen LogP contribution in [0.15, 0.2) is 18.3 Å². The molecule has 0 fully saturated rings. The molecule has 1 aromatic rings. The van der Waals surface area contributed by atoms with Crippen LogP contribution in [-0.2, 0) is 0 Å². The fraction of sp³-hybridized carbons (Fsp3) is 0.571. The summed E-state index contributed by atoms with van der Waals surface area (Å²) in [5, 5.41) is 9.06. The molecule has 0 aliphatic carbocycles. The number of hydrogen-bond acceptors (Lipinski definition) is 4. The lowest BCUT2D eigenvalue weighted by molar-refractivity contribution is 0.0983. The molecule has 1 N–H and O–H groups in total. The molecule has 4 heteroatoms. The maximum atomic E-state index is 11.5. The zero-order chi connectivity index (χ0) is 13.4. The van der Waals surface area contributed by atoms with Crippen LogP contribution in [0.2, 0.25) is 0 Å². The number of aliphatic hydroxyl groups is 1. The third kappa shape index (κ3) is 4.11. The molecule has 1 aromatic heterocycles. The van der Waals surface area contributed by atoms with E-state index in [0.29, 0.717) is 18.7 Å². The van der Waals surface area contributed by atoms with Crippen LogP contribution in [-0.4, -0.2) is 35.6 Å². The SMILES string of the molecule is CCCCN(CCO)c1ccc(C(=O)CC)nc1. The summed E-state index contributed by atoms with van der Waals surface area (Å²) in [6, 6.07) is 3.67. The molecule has 0 atom stereocenters. The van der Waals surface area contributed by atoms with Gasteiger partial charge in [-0.15, -0.1) is 0 Å². The Bertz CT molecular complexity index is 363. The van der Waals surface area contributed by atoms with Gasteiger partial charge in [0.1, 0.15) is 5.69 Å². The average molecular weight is 250 g/mol. The van der Waals surface area contributed by atoms with E-state index >= 15 is 0 Å². The van der Waals surface area contributed by atoms with E-state index in [9.17, 15) is 4.79 Å². The molecule has 1 rings (SSSR count). The predicted molar refractivity (Wildman–Crippen MR) is 73.1 cm³/mol. The normalized spacial score (nSPS) is 10.4. The molecule has 18 heavy (non-hydrogen) atoms. The topological polar surface area (TPSA) is 53.4 Å². The molecular weight excluding hydrogens is 228 g/mol. The molecule has 0 aromatic carbocycles. The van der Waals surface area contributed by atoms with Crippen molar-refractivity contribution in [2.75, 3.05) is 24.6 Å². The number of aliphatic hydroxyl groups excluding tert-OH is 1. The van der Waals surface area contributed by atoms with E-state index in [2.05, 4.69) is 16.8 Å². The van der Waals surface area contributed by atoms with Crippen LogP contribution in [0.3, 0.4) is 0 Å². The maximum absolute atomic E-state index is 11.5. The van der Waals surface area contributed by atoms with Crippen molar-refractivity contribution in [3.63, 3.8) is 0 Å². The lowest BCUT2D eigenvalue weighted by atomic mass is 10.2. The van der Waals surface area contributed by atoms with Gasteiger partial charge in [-0.25, -0.2) is 0 Å². The zero-order valence-electron chi connectivity index (χ0n) is 11.2. The first-order valence-electron chi connectivity index (χ1n) is 6.58. The Morgan fingerprint density at radius 1 is 1.33 bits per heavy atom. The zero-order valence-corrected chi connectivity index (χ0v) is 11.2. The van der Waals surface area contributed by atoms with Crippen LogP contribution in [0.25, 0.3) is 0 Å². The van der Waals surface area contributed by atoms with Crippen LogP contribution in [0.5, 0.6) is 0 Å². The Morgan fingerprint density at radius 2 is 2.11 bits per heavy atom. The van der Waals surface area contributed by atoms with Crippen molar-refractivity contribution >= 4 is 11.5 Å². The summed E-state index contributed by atoms with van der Waals surface area (Å²) in [5.74, 6) is 0.0591. The lowest BCUT2D eigenvalue weighted by Crippen LogP contribution is -2.27. The minimum Gasteiger partial charge on any atom is -0.395 e. The summed E-state index contributed by atoms with van der Waals surface area (Å²) in [7, 11) is 0. The minimum atomic E-state index is 0.0591. The Balaban J connectivity index is 2.76. The highest BCUT2D eigenvalue weighted by Gasteiger charge is 2.08. The summed E-state index contributed by atoms with van der Waals surface area (Å²) in [6.45, 7) is 5.59. The molecule has 1 heterocycles. The molecule has 4 nitrogen and oxygen atoms in total. The number of carbonyl (C=O) groups excluding carboxylic acids is 1. The number of Topliss-reactive ketones (excluding diaryl/α,β-unsaturated/α-hetero) is 1. The van der Waals surface area contributed by atoms with Crippen molar-refractivity contribution < 1.29 is 9.90 Å². The second-order valence-electron chi connectivity index (χ2n) is 4.24. The number of ketones is 1. The fourth-order valence-corrected chi connectivity index (χ4v) is 1.76. The number of nitrogens with zero attached hydrogens (tertiary/aromatic N) is 2. The lowest BCUT2D eigenvalue weighted by Gasteiger charge is -2.23. The second-order valence-corrected chi connectivity index (χ2v) is 4.24. The van der Waals surface area contributed by atoms with Gasteiger partial charge < -0.3 is 10.0 Å². The smallest absolute Gasteiger partial charge is 0.180 e. The molecule has 0 saturated heterocycles. The molecule has 0 amide bonds. The molecule has 0 aliphatic rings. The van der Waals surface area contributed by atoms with E-state index < -0.39 is 0 Å². The van der Waals surface area contributed by atoms with Gasteiger partial charge in [0.05, 0.1) is 18.5 Å². The molecule has 0 saturated carbocycles. The molecular formula is C14H22N2O2. The number of rotatable bonds is 8. The number of aromatic nitrogens is 1. The van der Waals surface area contributed by atoms with Gasteiger partial charge in [-0.1, -0.05) is 20.3 Å². The van der Waals surface area contributed by atoms with Gasteiger partial charge in [0.25, 0.3) is 0 Å². The van der Waals surface area contributed by atoms with E-state index in [4.69, 9.17) is 5.11 Å². The Labute approximate surface area is 109 Å². The van der Waals surface area contributed by atoms with Gasteiger partial charge in [-0.3, -0.25) is 9.78 Å². The summed E-state index contributed by atoms with van der Waals surface area (Å²) in [5.41, 5.74) is 1.48. The Kier molecular flexibility index (Phi) is 6.36. The molecule has 100 valence electrons. The van der Waals surface area contributed by atoms with E-state index in [1.165, 1.54) is 0 Å². The summed E-state index contributed by atoms with van der Waals surface area (Å²) in [4.78, 5) is 17.8. The quantitative estimate of drug-likeness (QED) is 0.719. The first-order chi connectivity index (χ1) is 8.72. The second kappa shape index (κ2) is 7.82. The molecule has 0 aliphatic heterocycles. The Morgan fingerprint density at radius 3 is 2.61 bits per heavy atom. The van der Waals surface area contributed by atoms with Gasteiger partial charge >= 0.3 is 0 Å². The van der Waals surface area contributed by atoms with Crippen LogP contribution < -0.4 is 4.90 Å². The minimum absolute atomic E-state index is 0.0591. The number of anilines is 1. The molecule has 0 unspecified atom stereocenters. The first kappa shape index (κ1) is 14.6. The first-order valence-corrected chi connectivity index (χ1v) is 6.58. The molecule has 0 bridgehead atoms. The van der Waals surface area contributed by atoms with Crippen molar-refractivity contribution in [2.45, 2.75) is 33.1 Å².